The van der Waals surface area contributed by atoms with Crippen molar-refractivity contribution in [3.8, 4) is 0 Å². The minimum Gasteiger partial charge on any atom is -0.418 e. The number of quaternary nitrogens is 1. The number of halogens is 4. The quantitative estimate of drug-likeness (QED) is 0.232. The number of rotatable bonds is 12. The van der Waals surface area contributed by atoms with Gasteiger partial charge in [-0.25, -0.2) is 0 Å². The van der Waals surface area contributed by atoms with Crippen LogP contribution in [0.1, 0.15) is 46.5 Å². The van der Waals surface area contributed by atoms with Gasteiger partial charge in [0.2, 0.25) is 0 Å². The first kappa shape index (κ1) is 25.4. The molecule has 0 spiro atoms. The average Bonchev–Trinajstić information content (AvgIpc) is 2.97. The number of hydrogen-bond donors (Lipinski definition) is 1. The lowest BCUT2D eigenvalue weighted by Gasteiger charge is -2.21. The second kappa shape index (κ2) is 13.6. The van der Waals surface area contributed by atoms with Crippen molar-refractivity contribution in [2.45, 2.75) is 46.5 Å². The Balaban J connectivity index is 0.00000110. The standard InChI is InChI=1S/C15H31N2O3P.BF4/c1-4-7-8-9-10-16-11-12-17(15-16)13-14-21(18,19-5-2)20-6-3;2-1(3,4)5/h11-12H,4-10,13-15H2,1-3H3;/q;-1/p+1. The van der Waals surface area contributed by atoms with Crippen LogP contribution in [0.4, 0.5) is 17.3 Å². The molecule has 1 heterocycles. The molecule has 0 aromatic heterocycles. The molecule has 1 atom stereocenters. The molecular weight excluding hydrogens is 374 g/mol. The summed E-state index contributed by atoms with van der Waals surface area (Å²) in [7, 11) is -8.91. The van der Waals surface area contributed by atoms with Gasteiger partial charge >= 0.3 is 14.9 Å². The van der Waals surface area contributed by atoms with Crippen LogP contribution in [0.3, 0.4) is 0 Å². The summed E-state index contributed by atoms with van der Waals surface area (Å²) in [5, 5.41) is 0. The Labute approximate surface area is 154 Å². The summed E-state index contributed by atoms with van der Waals surface area (Å²) in [6, 6.07) is 0. The van der Waals surface area contributed by atoms with Gasteiger partial charge in [-0.3, -0.25) is 9.46 Å². The van der Waals surface area contributed by atoms with Gasteiger partial charge in [0, 0.05) is 6.54 Å². The van der Waals surface area contributed by atoms with E-state index >= 15 is 0 Å². The van der Waals surface area contributed by atoms with Gasteiger partial charge in [-0.15, -0.1) is 0 Å². The Kier molecular flexibility index (Phi) is 13.3. The summed E-state index contributed by atoms with van der Waals surface area (Å²) < 4.78 is 62.0. The molecular formula is C15H32BF4N2O3P. The number of unbranched alkanes of at least 4 members (excludes halogenated alkanes) is 3. The summed E-state index contributed by atoms with van der Waals surface area (Å²) in [6.45, 7) is 9.68. The Morgan fingerprint density at radius 1 is 1.08 bits per heavy atom. The molecule has 0 radical (unpaired) electrons. The fourth-order valence-corrected chi connectivity index (χ4v) is 4.10. The number of nitrogens with one attached hydrogen (secondary N) is 1. The fourth-order valence-electron chi connectivity index (χ4n) is 2.48. The molecule has 0 aromatic carbocycles. The minimum atomic E-state index is -6.00. The van der Waals surface area contributed by atoms with E-state index in [1.165, 1.54) is 37.1 Å². The van der Waals surface area contributed by atoms with Crippen molar-refractivity contribution in [3.63, 3.8) is 0 Å². The molecule has 26 heavy (non-hydrogen) atoms. The maximum absolute atomic E-state index is 12.4. The third-order valence-corrected chi connectivity index (χ3v) is 5.64. The Morgan fingerprint density at radius 3 is 2.15 bits per heavy atom. The highest BCUT2D eigenvalue weighted by atomic mass is 31.2. The van der Waals surface area contributed by atoms with Crippen LogP contribution in [-0.4, -0.2) is 51.3 Å². The zero-order valence-electron chi connectivity index (χ0n) is 15.9. The smallest absolute Gasteiger partial charge is 0.418 e. The minimum absolute atomic E-state index is 0.432. The molecule has 0 aliphatic carbocycles. The summed E-state index contributed by atoms with van der Waals surface area (Å²) in [5.74, 6) is 0. The summed E-state index contributed by atoms with van der Waals surface area (Å²) in [5.41, 5.74) is 0. The largest absolute Gasteiger partial charge is 0.673 e. The average molecular weight is 406 g/mol. The molecule has 1 aliphatic heterocycles. The third-order valence-electron chi connectivity index (χ3n) is 3.59. The molecule has 0 aromatic rings. The van der Waals surface area contributed by atoms with E-state index in [9.17, 15) is 21.8 Å². The van der Waals surface area contributed by atoms with Gasteiger partial charge in [0.15, 0.2) is 6.67 Å². The van der Waals surface area contributed by atoms with Crippen LogP contribution < -0.4 is 4.90 Å². The van der Waals surface area contributed by atoms with E-state index in [1.54, 1.807) is 0 Å². The van der Waals surface area contributed by atoms with E-state index in [0.29, 0.717) is 19.4 Å². The highest BCUT2D eigenvalue weighted by Gasteiger charge is 2.26. The Bertz CT molecular complexity index is 426. The van der Waals surface area contributed by atoms with Crippen molar-refractivity contribution in [1.29, 1.82) is 0 Å². The van der Waals surface area contributed by atoms with Crippen molar-refractivity contribution in [1.82, 2.24) is 4.90 Å². The first-order chi connectivity index (χ1) is 12.1. The number of nitrogens with zero attached hydrogens (tertiary/aromatic N) is 1. The predicted octanol–water partition coefficient (Wildman–Crippen LogP) is 3.76. The molecule has 156 valence electrons. The van der Waals surface area contributed by atoms with Crippen LogP contribution in [0, 0.1) is 0 Å². The monoisotopic (exact) mass is 406 g/mol. The summed E-state index contributed by atoms with van der Waals surface area (Å²) in [6.07, 6.45) is 9.97. The van der Waals surface area contributed by atoms with E-state index in [4.69, 9.17) is 9.05 Å². The van der Waals surface area contributed by atoms with E-state index in [2.05, 4.69) is 24.2 Å². The molecule has 1 aliphatic rings. The summed E-state index contributed by atoms with van der Waals surface area (Å²) >= 11 is 0. The van der Waals surface area contributed by atoms with Gasteiger partial charge < -0.3 is 31.2 Å². The highest BCUT2D eigenvalue weighted by Crippen LogP contribution is 2.47. The third kappa shape index (κ3) is 14.6. The Hall–Kier alpha value is -0.565. The molecule has 0 saturated carbocycles. The van der Waals surface area contributed by atoms with E-state index in [-0.39, 0.29) is 0 Å². The molecule has 1 rings (SSSR count). The van der Waals surface area contributed by atoms with Gasteiger partial charge in [0.25, 0.3) is 0 Å². The van der Waals surface area contributed by atoms with Crippen molar-refractivity contribution < 1.29 is 35.8 Å². The van der Waals surface area contributed by atoms with Crippen LogP contribution in [0.25, 0.3) is 0 Å². The van der Waals surface area contributed by atoms with Gasteiger partial charge in [-0.1, -0.05) is 19.8 Å². The van der Waals surface area contributed by atoms with Crippen molar-refractivity contribution >= 4 is 14.9 Å². The zero-order valence-corrected chi connectivity index (χ0v) is 16.8. The van der Waals surface area contributed by atoms with E-state index in [1.807, 2.05) is 13.8 Å². The van der Waals surface area contributed by atoms with Gasteiger partial charge in [-0.2, -0.15) is 0 Å². The lowest BCUT2D eigenvalue weighted by Crippen LogP contribution is -3.07. The molecule has 1 N–H and O–H groups in total. The molecule has 0 saturated heterocycles. The number of hydrogen-bond acceptors (Lipinski definition) is 4. The van der Waals surface area contributed by atoms with Gasteiger partial charge in [-0.05, 0) is 26.7 Å². The first-order valence-electron chi connectivity index (χ1n) is 9.16. The molecule has 0 bridgehead atoms. The fraction of sp³-hybridized carbons (Fsp3) is 0.867. The maximum Gasteiger partial charge on any atom is 0.673 e. The van der Waals surface area contributed by atoms with Crippen molar-refractivity contribution in [3.05, 3.63) is 12.4 Å². The molecule has 5 nitrogen and oxygen atoms in total. The van der Waals surface area contributed by atoms with Crippen molar-refractivity contribution in [2.24, 2.45) is 0 Å². The van der Waals surface area contributed by atoms with Gasteiger partial charge in [0.05, 0.1) is 32.1 Å². The van der Waals surface area contributed by atoms with Crippen LogP contribution in [0.5, 0.6) is 0 Å². The van der Waals surface area contributed by atoms with Crippen LogP contribution in [0.2, 0.25) is 0 Å². The molecule has 11 heteroatoms. The normalized spacial score (nSPS) is 17.3. The molecule has 1 unspecified atom stereocenters. The Morgan fingerprint density at radius 2 is 1.65 bits per heavy atom. The van der Waals surface area contributed by atoms with Gasteiger partial charge in [0.1, 0.15) is 6.20 Å². The second-order valence-electron chi connectivity index (χ2n) is 5.92. The summed E-state index contributed by atoms with van der Waals surface area (Å²) in [4.78, 5) is 3.69. The SMILES string of the molecule is CCCCCC[NH+]1C=CN(CCP(=O)(OCC)OCC)C1.F[B-](F)(F)F. The van der Waals surface area contributed by atoms with E-state index < -0.39 is 14.9 Å². The predicted molar refractivity (Wildman–Crippen MR) is 96.6 cm³/mol. The molecule has 0 fully saturated rings. The van der Waals surface area contributed by atoms with Crippen LogP contribution >= 0.6 is 7.60 Å². The van der Waals surface area contributed by atoms with Crippen LogP contribution in [-0.2, 0) is 13.6 Å². The van der Waals surface area contributed by atoms with E-state index in [0.717, 1.165) is 13.2 Å². The van der Waals surface area contributed by atoms with Crippen LogP contribution in [0.15, 0.2) is 12.4 Å². The lowest BCUT2D eigenvalue weighted by molar-refractivity contribution is -0.849. The molecule has 0 amide bonds. The zero-order chi connectivity index (χ0) is 20.1. The first-order valence-corrected chi connectivity index (χ1v) is 10.9. The maximum atomic E-state index is 12.4. The second-order valence-corrected chi connectivity index (χ2v) is 8.11. The topological polar surface area (TPSA) is 43.2 Å². The highest BCUT2D eigenvalue weighted by molar-refractivity contribution is 7.53. The van der Waals surface area contributed by atoms with Crippen molar-refractivity contribution in [2.75, 3.05) is 39.1 Å². The lowest BCUT2D eigenvalue weighted by atomic mass is 10.2.